The van der Waals surface area contributed by atoms with Crippen LogP contribution in [-0.2, 0) is 6.42 Å². The molecule has 2 rings (SSSR count). The number of ether oxygens (including phenoxy) is 1. The van der Waals surface area contributed by atoms with Crippen LogP contribution in [0.3, 0.4) is 0 Å². The molecule has 0 amide bonds. The Morgan fingerprint density at radius 1 is 1.28 bits per heavy atom. The van der Waals surface area contributed by atoms with Crippen molar-refractivity contribution in [1.29, 1.82) is 0 Å². The van der Waals surface area contributed by atoms with Gasteiger partial charge in [0.1, 0.15) is 5.75 Å². The number of hydrogen-bond donors (Lipinski definition) is 2. The van der Waals surface area contributed by atoms with Crippen LogP contribution in [0.2, 0.25) is 0 Å². The monoisotopic (exact) mass is 246 g/mol. The third kappa shape index (κ3) is 3.05. The number of methoxy groups -OCH3 is 1. The fourth-order valence-electron chi connectivity index (χ4n) is 2.14. The summed E-state index contributed by atoms with van der Waals surface area (Å²) in [7, 11) is 1.71. The zero-order valence-electron chi connectivity index (χ0n) is 11.3. The number of H-pyrrole nitrogens is 1. The quantitative estimate of drug-likeness (QED) is 0.737. The average molecular weight is 246 g/mol. The molecule has 1 aromatic carbocycles. The van der Waals surface area contributed by atoms with Crippen molar-refractivity contribution in [2.24, 2.45) is 0 Å². The van der Waals surface area contributed by atoms with Crippen molar-refractivity contribution in [3.05, 3.63) is 30.0 Å². The zero-order chi connectivity index (χ0) is 12.8. The summed E-state index contributed by atoms with van der Waals surface area (Å²) in [5.41, 5.74) is 2.53. The molecule has 0 spiro atoms. The molecule has 0 radical (unpaired) electrons. The molecule has 0 fully saturated rings. The Morgan fingerprint density at radius 3 is 2.94 bits per heavy atom. The molecule has 18 heavy (non-hydrogen) atoms. The SMILES string of the molecule is CCCCNCCc1c[nH]c2ccc(OC)cc12. The van der Waals surface area contributed by atoms with E-state index in [1.165, 1.54) is 29.3 Å². The van der Waals surface area contributed by atoms with Crippen LogP contribution in [0, 0.1) is 0 Å². The largest absolute Gasteiger partial charge is 0.497 e. The highest BCUT2D eigenvalue weighted by molar-refractivity contribution is 5.84. The molecule has 1 heterocycles. The van der Waals surface area contributed by atoms with Crippen LogP contribution in [0.15, 0.2) is 24.4 Å². The van der Waals surface area contributed by atoms with Crippen LogP contribution < -0.4 is 10.1 Å². The van der Waals surface area contributed by atoms with Gasteiger partial charge in [0.05, 0.1) is 7.11 Å². The summed E-state index contributed by atoms with van der Waals surface area (Å²) in [6.07, 6.45) is 5.65. The molecule has 0 saturated carbocycles. The molecule has 0 atom stereocenters. The van der Waals surface area contributed by atoms with Crippen LogP contribution in [-0.4, -0.2) is 25.2 Å². The van der Waals surface area contributed by atoms with Gasteiger partial charge in [-0.25, -0.2) is 0 Å². The Kier molecular flexibility index (Phi) is 4.65. The lowest BCUT2D eigenvalue weighted by Crippen LogP contribution is -2.18. The summed E-state index contributed by atoms with van der Waals surface area (Å²) in [5, 5.41) is 4.74. The van der Waals surface area contributed by atoms with E-state index in [-0.39, 0.29) is 0 Å². The van der Waals surface area contributed by atoms with Gasteiger partial charge in [-0.05, 0) is 49.7 Å². The highest BCUT2D eigenvalue weighted by atomic mass is 16.5. The molecule has 2 N–H and O–H groups in total. The van der Waals surface area contributed by atoms with Gasteiger partial charge in [-0.15, -0.1) is 0 Å². The highest BCUT2D eigenvalue weighted by Gasteiger charge is 2.04. The Balaban J connectivity index is 1.99. The van der Waals surface area contributed by atoms with Gasteiger partial charge in [-0.3, -0.25) is 0 Å². The lowest BCUT2D eigenvalue weighted by molar-refractivity contribution is 0.415. The minimum Gasteiger partial charge on any atom is -0.497 e. The Hall–Kier alpha value is -1.48. The second kappa shape index (κ2) is 6.45. The molecule has 0 bridgehead atoms. The van der Waals surface area contributed by atoms with Crippen LogP contribution in [0.5, 0.6) is 5.75 Å². The van der Waals surface area contributed by atoms with Gasteiger partial charge in [-0.1, -0.05) is 13.3 Å². The number of fused-ring (bicyclic) bond motifs is 1. The van der Waals surface area contributed by atoms with Gasteiger partial charge in [0.2, 0.25) is 0 Å². The van der Waals surface area contributed by atoms with E-state index in [2.05, 4.69) is 35.6 Å². The number of hydrogen-bond acceptors (Lipinski definition) is 2. The summed E-state index contributed by atoms with van der Waals surface area (Å²) < 4.78 is 5.27. The molecular formula is C15H22N2O. The maximum Gasteiger partial charge on any atom is 0.119 e. The van der Waals surface area contributed by atoms with Crippen molar-refractivity contribution in [2.75, 3.05) is 20.2 Å². The van der Waals surface area contributed by atoms with Gasteiger partial charge in [0, 0.05) is 17.1 Å². The first-order valence-electron chi connectivity index (χ1n) is 6.70. The standard InChI is InChI=1S/C15H22N2O/c1-3-4-8-16-9-7-12-11-17-15-6-5-13(18-2)10-14(12)15/h5-6,10-11,16-17H,3-4,7-9H2,1-2H3. The third-order valence-corrected chi connectivity index (χ3v) is 3.25. The molecular weight excluding hydrogens is 224 g/mol. The maximum atomic E-state index is 5.27. The molecule has 0 aliphatic heterocycles. The van der Waals surface area contributed by atoms with E-state index >= 15 is 0 Å². The van der Waals surface area contributed by atoms with Gasteiger partial charge in [0.25, 0.3) is 0 Å². The molecule has 3 nitrogen and oxygen atoms in total. The number of aromatic amines is 1. The smallest absolute Gasteiger partial charge is 0.119 e. The third-order valence-electron chi connectivity index (χ3n) is 3.25. The first kappa shape index (κ1) is 13.0. The second-order valence-corrected chi connectivity index (χ2v) is 4.58. The highest BCUT2D eigenvalue weighted by Crippen LogP contribution is 2.23. The van der Waals surface area contributed by atoms with Crippen molar-refractivity contribution < 1.29 is 4.74 Å². The van der Waals surface area contributed by atoms with Gasteiger partial charge in [0.15, 0.2) is 0 Å². The average Bonchev–Trinajstić information content (AvgIpc) is 2.81. The van der Waals surface area contributed by atoms with Crippen LogP contribution >= 0.6 is 0 Å². The minimum absolute atomic E-state index is 0.919. The molecule has 0 aliphatic rings. The lowest BCUT2D eigenvalue weighted by Gasteiger charge is -2.04. The fraction of sp³-hybridized carbons (Fsp3) is 0.467. The molecule has 98 valence electrons. The van der Waals surface area contributed by atoms with E-state index in [0.29, 0.717) is 0 Å². The summed E-state index contributed by atoms with van der Waals surface area (Å²) in [5.74, 6) is 0.919. The van der Waals surface area contributed by atoms with Crippen molar-refractivity contribution in [3.63, 3.8) is 0 Å². The van der Waals surface area contributed by atoms with E-state index in [4.69, 9.17) is 4.74 Å². The number of nitrogens with one attached hydrogen (secondary N) is 2. The predicted octanol–water partition coefficient (Wildman–Crippen LogP) is 3.11. The summed E-state index contributed by atoms with van der Waals surface area (Å²) >= 11 is 0. The number of rotatable bonds is 7. The van der Waals surface area contributed by atoms with E-state index in [1.807, 2.05) is 6.07 Å². The Bertz CT molecular complexity index is 490. The molecule has 0 unspecified atom stereocenters. The number of benzene rings is 1. The number of unbranched alkanes of at least 4 members (excludes halogenated alkanes) is 1. The van der Waals surface area contributed by atoms with Crippen LogP contribution in [0.25, 0.3) is 10.9 Å². The summed E-state index contributed by atoms with van der Waals surface area (Å²) in [6.45, 7) is 4.36. The molecule has 3 heteroatoms. The number of aromatic nitrogens is 1. The van der Waals surface area contributed by atoms with Crippen LogP contribution in [0.4, 0.5) is 0 Å². The van der Waals surface area contributed by atoms with E-state index in [1.54, 1.807) is 7.11 Å². The normalized spacial score (nSPS) is 11.0. The summed E-state index contributed by atoms with van der Waals surface area (Å²) in [4.78, 5) is 3.31. The Labute approximate surface area is 109 Å². The van der Waals surface area contributed by atoms with Gasteiger partial charge < -0.3 is 15.0 Å². The minimum atomic E-state index is 0.919. The predicted molar refractivity (Wildman–Crippen MR) is 76.3 cm³/mol. The van der Waals surface area contributed by atoms with Crippen LogP contribution in [0.1, 0.15) is 25.3 Å². The van der Waals surface area contributed by atoms with Crippen molar-refractivity contribution >= 4 is 10.9 Å². The maximum absolute atomic E-state index is 5.27. The first-order valence-corrected chi connectivity index (χ1v) is 6.70. The van der Waals surface area contributed by atoms with E-state index in [9.17, 15) is 0 Å². The fourth-order valence-corrected chi connectivity index (χ4v) is 2.14. The molecule has 0 saturated heterocycles. The van der Waals surface area contributed by atoms with Crippen molar-refractivity contribution in [3.8, 4) is 5.75 Å². The second-order valence-electron chi connectivity index (χ2n) is 4.58. The first-order chi connectivity index (χ1) is 8.85. The van der Waals surface area contributed by atoms with E-state index < -0.39 is 0 Å². The topological polar surface area (TPSA) is 37.0 Å². The Morgan fingerprint density at radius 2 is 2.17 bits per heavy atom. The summed E-state index contributed by atoms with van der Waals surface area (Å²) in [6, 6.07) is 6.16. The van der Waals surface area contributed by atoms with Gasteiger partial charge >= 0.3 is 0 Å². The molecule has 1 aromatic heterocycles. The molecule has 2 aromatic rings. The van der Waals surface area contributed by atoms with Crippen molar-refractivity contribution in [1.82, 2.24) is 10.3 Å². The van der Waals surface area contributed by atoms with Gasteiger partial charge in [-0.2, -0.15) is 0 Å². The zero-order valence-corrected chi connectivity index (χ0v) is 11.3. The lowest BCUT2D eigenvalue weighted by atomic mass is 10.1. The molecule has 0 aliphatic carbocycles. The van der Waals surface area contributed by atoms with E-state index in [0.717, 1.165) is 25.3 Å². The van der Waals surface area contributed by atoms with Crippen molar-refractivity contribution in [2.45, 2.75) is 26.2 Å².